The molecule has 1 saturated heterocycles. The van der Waals surface area contributed by atoms with E-state index in [9.17, 15) is 13.7 Å². The van der Waals surface area contributed by atoms with Crippen LogP contribution in [0.1, 0.15) is 11.3 Å². The minimum Gasteiger partial charge on any atom is -0.295 e. The first kappa shape index (κ1) is 20.8. The number of benzene rings is 2. The molecule has 0 radical (unpaired) electrons. The summed E-state index contributed by atoms with van der Waals surface area (Å²) in [7, 11) is -3.70. The van der Waals surface area contributed by atoms with Crippen LogP contribution in [0.3, 0.4) is 0 Å². The third-order valence-electron chi connectivity index (χ3n) is 5.74. The van der Waals surface area contributed by atoms with Gasteiger partial charge in [0.25, 0.3) is 0 Å². The van der Waals surface area contributed by atoms with Crippen molar-refractivity contribution < 1.29 is 8.42 Å². The number of nitrogens with zero attached hydrogens (tertiary/aromatic N) is 5. The van der Waals surface area contributed by atoms with Gasteiger partial charge in [0, 0.05) is 49.9 Å². The highest BCUT2D eigenvalue weighted by atomic mass is 32.2. The first-order valence-electron chi connectivity index (χ1n) is 10.3. The lowest BCUT2D eigenvalue weighted by atomic mass is 10.1. The van der Waals surface area contributed by atoms with E-state index in [1.165, 1.54) is 10.4 Å². The van der Waals surface area contributed by atoms with E-state index in [1.54, 1.807) is 29.5 Å². The van der Waals surface area contributed by atoms with Crippen LogP contribution < -0.4 is 0 Å². The Morgan fingerprint density at radius 1 is 1.00 bits per heavy atom. The van der Waals surface area contributed by atoms with Crippen molar-refractivity contribution in [3.05, 3.63) is 77.4 Å². The summed E-state index contributed by atoms with van der Waals surface area (Å²) in [4.78, 5) is 8.13. The van der Waals surface area contributed by atoms with Gasteiger partial charge in [0.2, 0.25) is 10.0 Å². The molecule has 4 aromatic rings. The van der Waals surface area contributed by atoms with Crippen LogP contribution in [0.4, 0.5) is 0 Å². The van der Waals surface area contributed by atoms with Gasteiger partial charge in [-0.15, -0.1) is 11.3 Å². The number of piperazine rings is 1. The Morgan fingerprint density at radius 3 is 2.47 bits per heavy atom. The van der Waals surface area contributed by atoms with E-state index in [2.05, 4.69) is 21.4 Å². The average Bonchev–Trinajstić information content (AvgIpc) is 3.42. The molecule has 5 rings (SSSR count). The summed E-state index contributed by atoms with van der Waals surface area (Å²) in [5.74, 6) is 0. The van der Waals surface area contributed by atoms with Crippen molar-refractivity contribution in [3.63, 3.8) is 0 Å². The highest BCUT2D eigenvalue weighted by Gasteiger charge is 2.31. The zero-order chi connectivity index (χ0) is 22.1. The van der Waals surface area contributed by atoms with Crippen molar-refractivity contribution in [2.75, 3.05) is 26.2 Å². The third kappa shape index (κ3) is 3.72. The van der Waals surface area contributed by atoms with Crippen LogP contribution in [-0.2, 0) is 16.6 Å². The highest BCUT2D eigenvalue weighted by molar-refractivity contribution is 7.89. The molecule has 3 heterocycles. The molecule has 162 valence electrons. The van der Waals surface area contributed by atoms with E-state index in [-0.39, 0.29) is 10.5 Å². The molecule has 1 aliphatic rings. The third-order valence-corrected chi connectivity index (χ3v) is 8.45. The van der Waals surface area contributed by atoms with Crippen LogP contribution in [0.15, 0.2) is 71.1 Å². The molecule has 1 aliphatic heterocycles. The Hall–Kier alpha value is -3.03. The summed E-state index contributed by atoms with van der Waals surface area (Å²) >= 11 is 1.60. The molecule has 9 heteroatoms. The maximum atomic E-state index is 13.1. The molecular formula is C23H21N5O2S2. The lowest BCUT2D eigenvalue weighted by Gasteiger charge is -2.34. The van der Waals surface area contributed by atoms with Gasteiger partial charge in [0.15, 0.2) is 4.96 Å². The van der Waals surface area contributed by atoms with Crippen molar-refractivity contribution in [1.82, 2.24) is 18.6 Å². The molecule has 2 aromatic carbocycles. The number of nitriles is 1. The van der Waals surface area contributed by atoms with Gasteiger partial charge in [-0.25, -0.2) is 13.4 Å². The number of hydrogen-bond donors (Lipinski definition) is 0. The quantitative estimate of drug-likeness (QED) is 0.453. The van der Waals surface area contributed by atoms with E-state index < -0.39 is 10.0 Å². The van der Waals surface area contributed by atoms with Crippen molar-refractivity contribution in [2.45, 2.75) is 11.4 Å². The number of aromatic nitrogens is 2. The van der Waals surface area contributed by atoms with Crippen LogP contribution in [0.2, 0.25) is 0 Å². The van der Waals surface area contributed by atoms with Crippen LogP contribution in [0.5, 0.6) is 0 Å². The van der Waals surface area contributed by atoms with Crippen LogP contribution in [0, 0.1) is 11.3 Å². The largest absolute Gasteiger partial charge is 0.295 e. The van der Waals surface area contributed by atoms with Gasteiger partial charge in [0.1, 0.15) is 6.07 Å². The second kappa shape index (κ2) is 8.48. The second-order valence-corrected chi connectivity index (χ2v) is 10.4. The normalized spacial score (nSPS) is 15.7. The summed E-state index contributed by atoms with van der Waals surface area (Å²) in [6, 6.07) is 18.5. The average molecular weight is 464 g/mol. The highest BCUT2D eigenvalue weighted by Crippen LogP contribution is 2.28. The molecule has 0 spiro atoms. The summed E-state index contributed by atoms with van der Waals surface area (Å²) < 4.78 is 29.8. The SMILES string of the molecule is N#Cc1ccccc1S(=O)(=O)N1CCN(Cc2c(-c3ccccc3)nc3sccn23)CC1. The Labute approximate surface area is 190 Å². The summed E-state index contributed by atoms with van der Waals surface area (Å²) in [5.41, 5.74) is 3.34. The van der Waals surface area contributed by atoms with E-state index in [4.69, 9.17) is 4.98 Å². The minimum absolute atomic E-state index is 0.0816. The Morgan fingerprint density at radius 2 is 1.72 bits per heavy atom. The molecule has 7 nitrogen and oxygen atoms in total. The smallest absolute Gasteiger partial charge is 0.244 e. The zero-order valence-corrected chi connectivity index (χ0v) is 18.9. The van der Waals surface area contributed by atoms with Gasteiger partial charge >= 0.3 is 0 Å². The fourth-order valence-electron chi connectivity index (χ4n) is 4.07. The summed E-state index contributed by atoms with van der Waals surface area (Å²) in [5, 5.41) is 11.3. The summed E-state index contributed by atoms with van der Waals surface area (Å²) in [6.07, 6.45) is 2.04. The van der Waals surface area contributed by atoms with E-state index in [1.807, 2.05) is 35.8 Å². The number of fused-ring (bicyclic) bond motifs is 1. The van der Waals surface area contributed by atoms with Crippen molar-refractivity contribution >= 4 is 26.3 Å². The van der Waals surface area contributed by atoms with Crippen LogP contribution >= 0.6 is 11.3 Å². The molecule has 32 heavy (non-hydrogen) atoms. The number of hydrogen-bond acceptors (Lipinski definition) is 6. The topological polar surface area (TPSA) is 81.7 Å². The Bertz CT molecular complexity index is 1400. The lowest BCUT2D eigenvalue weighted by molar-refractivity contribution is 0.180. The first-order chi connectivity index (χ1) is 15.6. The molecule has 0 saturated carbocycles. The lowest BCUT2D eigenvalue weighted by Crippen LogP contribution is -2.48. The van der Waals surface area contributed by atoms with E-state index in [0.717, 1.165) is 21.9 Å². The van der Waals surface area contributed by atoms with Gasteiger partial charge in [-0.05, 0) is 12.1 Å². The maximum Gasteiger partial charge on any atom is 0.244 e. The standard InChI is InChI=1S/C23H21N5O2S2/c24-16-19-8-4-5-9-21(19)32(29,30)27-12-10-26(11-13-27)17-20-22(18-6-2-1-3-7-18)25-23-28(20)14-15-31-23/h1-9,14-15H,10-13,17H2. The second-order valence-electron chi connectivity index (χ2n) is 7.62. The number of thiazole rings is 1. The molecule has 0 unspecified atom stereocenters. The molecule has 1 fully saturated rings. The number of sulfonamides is 1. The Balaban J connectivity index is 1.36. The number of rotatable bonds is 5. The summed E-state index contributed by atoms with van der Waals surface area (Å²) in [6.45, 7) is 2.67. The van der Waals surface area contributed by atoms with Gasteiger partial charge in [-0.3, -0.25) is 9.30 Å². The number of imidazole rings is 1. The van der Waals surface area contributed by atoms with Crippen molar-refractivity contribution in [3.8, 4) is 17.3 Å². The first-order valence-corrected chi connectivity index (χ1v) is 12.6. The van der Waals surface area contributed by atoms with Gasteiger partial charge in [-0.1, -0.05) is 42.5 Å². The fraction of sp³-hybridized carbons (Fsp3) is 0.217. The predicted molar refractivity (Wildman–Crippen MR) is 124 cm³/mol. The van der Waals surface area contributed by atoms with Crippen LogP contribution in [0.25, 0.3) is 16.2 Å². The van der Waals surface area contributed by atoms with Gasteiger partial charge in [0.05, 0.1) is 21.8 Å². The van der Waals surface area contributed by atoms with Gasteiger partial charge in [-0.2, -0.15) is 9.57 Å². The Kier molecular flexibility index (Phi) is 5.53. The predicted octanol–water partition coefficient (Wildman–Crippen LogP) is 3.44. The monoisotopic (exact) mass is 463 g/mol. The van der Waals surface area contributed by atoms with Crippen molar-refractivity contribution in [2.24, 2.45) is 0 Å². The minimum atomic E-state index is -3.70. The molecule has 0 bridgehead atoms. The molecule has 0 N–H and O–H groups in total. The zero-order valence-electron chi connectivity index (χ0n) is 17.3. The maximum absolute atomic E-state index is 13.1. The molecule has 0 aliphatic carbocycles. The van der Waals surface area contributed by atoms with Crippen LogP contribution in [-0.4, -0.2) is 53.2 Å². The fourth-order valence-corrected chi connectivity index (χ4v) is 6.37. The van der Waals surface area contributed by atoms with E-state index in [0.29, 0.717) is 32.7 Å². The van der Waals surface area contributed by atoms with Crippen molar-refractivity contribution in [1.29, 1.82) is 5.26 Å². The molecule has 0 amide bonds. The van der Waals surface area contributed by atoms with Gasteiger partial charge < -0.3 is 0 Å². The van der Waals surface area contributed by atoms with E-state index >= 15 is 0 Å². The molecular weight excluding hydrogens is 442 g/mol. The molecule has 0 atom stereocenters. The molecule has 2 aromatic heterocycles.